The summed E-state index contributed by atoms with van der Waals surface area (Å²) in [5.74, 6) is 0.750. The normalized spacial score (nSPS) is 15.7. The first-order chi connectivity index (χ1) is 14.5. The first kappa shape index (κ1) is 22.1. The number of rotatable bonds is 7. The minimum Gasteiger partial charge on any atom is -0.357 e. The molecule has 160 valence electrons. The van der Waals surface area contributed by atoms with Crippen LogP contribution >= 0.6 is 11.6 Å². The molecule has 1 aliphatic heterocycles. The molecular formula is C22H28ClN5O2. The Morgan fingerprint density at radius 1 is 1.20 bits per heavy atom. The lowest BCUT2D eigenvalue weighted by molar-refractivity contribution is -0.384. The van der Waals surface area contributed by atoms with Crippen LogP contribution in [0.25, 0.3) is 0 Å². The van der Waals surface area contributed by atoms with Gasteiger partial charge in [0.25, 0.3) is 5.69 Å². The van der Waals surface area contributed by atoms with Crippen LogP contribution in [0.15, 0.2) is 53.5 Å². The quantitative estimate of drug-likeness (QED) is 0.301. The first-order valence-electron chi connectivity index (χ1n) is 10.3. The van der Waals surface area contributed by atoms with E-state index in [-0.39, 0.29) is 10.6 Å². The number of piperidine rings is 1. The molecule has 0 unspecified atom stereocenters. The molecule has 0 atom stereocenters. The number of hydrogen-bond donors (Lipinski definition) is 2. The van der Waals surface area contributed by atoms with E-state index in [1.54, 1.807) is 12.1 Å². The van der Waals surface area contributed by atoms with Gasteiger partial charge in [-0.15, -0.1) is 0 Å². The highest BCUT2D eigenvalue weighted by Crippen LogP contribution is 2.16. The number of nitro benzene ring substituents is 1. The Hall–Kier alpha value is -2.64. The van der Waals surface area contributed by atoms with Crippen LogP contribution in [0.4, 0.5) is 5.69 Å². The van der Waals surface area contributed by atoms with E-state index < -0.39 is 0 Å². The highest BCUT2D eigenvalue weighted by molar-refractivity contribution is 6.30. The fourth-order valence-electron chi connectivity index (χ4n) is 3.54. The van der Waals surface area contributed by atoms with Gasteiger partial charge in [-0.2, -0.15) is 0 Å². The maximum absolute atomic E-state index is 10.9. The predicted octanol–water partition coefficient (Wildman–Crippen LogP) is 3.97. The van der Waals surface area contributed by atoms with Crippen molar-refractivity contribution in [2.45, 2.75) is 38.9 Å². The molecule has 0 saturated carbocycles. The number of nitrogens with zero attached hydrogens (tertiary/aromatic N) is 3. The Morgan fingerprint density at radius 3 is 2.60 bits per heavy atom. The minimum atomic E-state index is -0.380. The monoisotopic (exact) mass is 429 g/mol. The molecule has 3 rings (SSSR count). The molecular weight excluding hydrogens is 402 g/mol. The van der Waals surface area contributed by atoms with Crippen molar-refractivity contribution in [1.29, 1.82) is 0 Å². The number of non-ortho nitro benzene ring substituents is 1. The molecule has 7 nitrogen and oxygen atoms in total. The van der Waals surface area contributed by atoms with Crippen LogP contribution in [0.5, 0.6) is 0 Å². The van der Waals surface area contributed by atoms with Crippen molar-refractivity contribution in [3.8, 4) is 0 Å². The van der Waals surface area contributed by atoms with Gasteiger partial charge in [-0.1, -0.05) is 35.9 Å². The summed E-state index contributed by atoms with van der Waals surface area (Å²) in [4.78, 5) is 17.6. The van der Waals surface area contributed by atoms with E-state index in [1.165, 1.54) is 11.6 Å². The molecule has 8 heteroatoms. The molecule has 0 radical (unpaired) electrons. The predicted molar refractivity (Wildman–Crippen MR) is 121 cm³/mol. The Balaban J connectivity index is 1.51. The van der Waals surface area contributed by atoms with Crippen molar-refractivity contribution in [2.24, 2.45) is 4.99 Å². The van der Waals surface area contributed by atoms with E-state index in [2.05, 4.69) is 32.7 Å². The van der Waals surface area contributed by atoms with E-state index in [0.717, 1.165) is 55.6 Å². The van der Waals surface area contributed by atoms with Gasteiger partial charge in [0.05, 0.1) is 11.5 Å². The van der Waals surface area contributed by atoms with Crippen LogP contribution in [0.1, 0.15) is 30.9 Å². The second-order valence-electron chi connectivity index (χ2n) is 7.44. The van der Waals surface area contributed by atoms with E-state index in [9.17, 15) is 10.1 Å². The lowest BCUT2D eigenvalue weighted by Gasteiger charge is -2.33. The van der Waals surface area contributed by atoms with E-state index >= 15 is 0 Å². The highest BCUT2D eigenvalue weighted by atomic mass is 35.5. The smallest absolute Gasteiger partial charge is 0.269 e. The molecule has 0 amide bonds. The Morgan fingerprint density at radius 2 is 1.93 bits per heavy atom. The summed E-state index contributed by atoms with van der Waals surface area (Å²) in [6, 6.07) is 15.0. The molecule has 1 saturated heterocycles. The third-order valence-electron chi connectivity index (χ3n) is 5.13. The van der Waals surface area contributed by atoms with E-state index in [0.29, 0.717) is 12.6 Å². The zero-order chi connectivity index (χ0) is 21.3. The molecule has 0 aliphatic carbocycles. The number of likely N-dealkylation sites (tertiary alicyclic amines) is 1. The van der Waals surface area contributed by atoms with Crippen LogP contribution in [-0.4, -0.2) is 41.5 Å². The third kappa shape index (κ3) is 6.71. The van der Waals surface area contributed by atoms with Gasteiger partial charge in [-0.05, 0) is 43.0 Å². The van der Waals surface area contributed by atoms with Gasteiger partial charge in [0.1, 0.15) is 0 Å². The minimum absolute atomic E-state index is 0.0914. The van der Waals surface area contributed by atoms with Crippen molar-refractivity contribution in [1.82, 2.24) is 15.5 Å². The summed E-state index contributed by atoms with van der Waals surface area (Å²) in [5.41, 5.74) is 2.19. The molecule has 30 heavy (non-hydrogen) atoms. The lowest BCUT2D eigenvalue weighted by atomic mass is 10.0. The molecule has 1 heterocycles. The number of guanidine groups is 1. The maximum Gasteiger partial charge on any atom is 0.269 e. The second kappa shape index (κ2) is 10.9. The molecule has 1 fully saturated rings. The standard InChI is InChI=1S/C22H28ClN5O2/c1-2-24-22(25-15-18-4-3-5-21(14-18)28(29)30)26-20-10-12-27(13-11-20)16-17-6-8-19(23)9-7-17/h3-9,14,20H,2,10-13,15-16H2,1H3,(H2,24,25,26). The van der Waals surface area contributed by atoms with Crippen LogP contribution in [-0.2, 0) is 13.1 Å². The number of nitro groups is 1. The summed E-state index contributed by atoms with van der Waals surface area (Å²) in [6.45, 7) is 6.15. The summed E-state index contributed by atoms with van der Waals surface area (Å²) < 4.78 is 0. The number of hydrogen-bond acceptors (Lipinski definition) is 4. The number of halogens is 1. The van der Waals surface area contributed by atoms with Gasteiger partial charge in [0.15, 0.2) is 5.96 Å². The van der Waals surface area contributed by atoms with Gasteiger partial charge in [0.2, 0.25) is 0 Å². The number of aliphatic imine (C=N–C) groups is 1. The van der Waals surface area contributed by atoms with Crippen LogP contribution in [0, 0.1) is 10.1 Å². The summed E-state index contributed by atoms with van der Waals surface area (Å²) in [6.07, 6.45) is 2.07. The van der Waals surface area contributed by atoms with Crippen LogP contribution in [0.2, 0.25) is 5.02 Å². The largest absolute Gasteiger partial charge is 0.357 e. The first-order valence-corrected chi connectivity index (χ1v) is 10.7. The SMILES string of the molecule is CCNC(=NCc1cccc([N+](=O)[O-])c1)NC1CCN(Cc2ccc(Cl)cc2)CC1. The average molecular weight is 430 g/mol. The van der Waals surface area contributed by atoms with Crippen LogP contribution < -0.4 is 10.6 Å². The highest BCUT2D eigenvalue weighted by Gasteiger charge is 2.20. The van der Waals surface area contributed by atoms with Gasteiger partial charge >= 0.3 is 0 Å². The molecule has 0 aromatic heterocycles. The topological polar surface area (TPSA) is 82.8 Å². The maximum atomic E-state index is 10.9. The summed E-state index contributed by atoms with van der Waals surface area (Å²) >= 11 is 5.97. The van der Waals surface area contributed by atoms with Crippen molar-refractivity contribution < 1.29 is 4.92 Å². The van der Waals surface area contributed by atoms with Gasteiger partial charge in [0, 0.05) is 49.4 Å². The molecule has 0 spiro atoms. The fraction of sp³-hybridized carbons (Fsp3) is 0.409. The van der Waals surface area contributed by atoms with Gasteiger partial charge < -0.3 is 10.6 Å². The molecule has 2 aromatic carbocycles. The number of nitrogens with one attached hydrogen (secondary N) is 2. The van der Waals surface area contributed by atoms with Crippen molar-refractivity contribution in [3.05, 3.63) is 74.8 Å². The zero-order valence-corrected chi connectivity index (χ0v) is 17.9. The summed E-state index contributed by atoms with van der Waals surface area (Å²) in [5, 5.41) is 18.5. The second-order valence-corrected chi connectivity index (χ2v) is 7.88. The van der Waals surface area contributed by atoms with Crippen LogP contribution in [0.3, 0.4) is 0 Å². The Labute approximate surface area is 182 Å². The van der Waals surface area contributed by atoms with E-state index in [1.807, 2.05) is 25.1 Å². The van der Waals surface area contributed by atoms with Crippen molar-refractivity contribution in [2.75, 3.05) is 19.6 Å². The molecule has 0 bridgehead atoms. The van der Waals surface area contributed by atoms with Crippen molar-refractivity contribution >= 4 is 23.2 Å². The molecule has 1 aliphatic rings. The van der Waals surface area contributed by atoms with Gasteiger partial charge in [-0.3, -0.25) is 15.0 Å². The molecule has 2 aromatic rings. The summed E-state index contributed by atoms with van der Waals surface area (Å²) in [7, 11) is 0. The Bertz CT molecular complexity index is 864. The Kier molecular flexibility index (Phi) is 8.04. The third-order valence-corrected chi connectivity index (χ3v) is 5.39. The fourth-order valence-corrected chi connectivity index (χ4v) is 3.66. The zero-order valence-electron chi connectivity index (χ0n) is 17.2. The average Bonchev–Trinajstić information content (AvgIpc) is 2.75. The van der Waals surface area contributed by atoms with E-state index in [4.69, 9.17) is 11.6 Å². The molecule has 2 N–H and O–H groups in total. The number of benzene rings is 2. The van der Waals surface area contributed by atoms with Crippen molar-refractivity contribution in [3.63, 3.8) is 0 Å². The van der Waals surface area contributed by atoms with Gasteiger partial charge in [-0.25, -0.2) is 4.99 Å². The lowest BCUT2D eigenvalue weighted by Crippen LogP contribution is -2.48.